The third kappa shape index (κ3) is 3.63. The Morgan fingerprint density at radius 2 is 1.83 bits per heavy atom. The van der Waals surface area contributed by atoms with E-state index < -0.39 is 5.97 Å². The number of carbonyl (C=O) groups is 2. The molecule has 3 rings (SSSR count). The molecule has 3 aromatic rings. The number of hydrogen-bond acceptors (Lipinski definition) is 2. The Morgan fingerprint density at radius 1 is 1.04 bits per heavy atom. The lowest BCUT2D eigenvalue weighted by Crippen LogP contribution is -2.32. The Bertz CT molecular complexity index is 855. The summed E-state index contributed by atoms with van der Waals surface area (Å²) in [6.45, 7) is 0.562. The molecule has 0 aliphatic heterocycles. The number of carboxylic acid groups (broad SMARTS) is 1. The molecular weight excluding hydrogens is 304 g/mol. The number of amides is 1. The predicted octanol–water partition coefficient (Wildman–Crippen LogP) is 3.29. The number of nitrogens with zero attached hydrogens (tertiary/aromatic N) is 1. The van der Waals surface area contributed by atoms with Crippen LogP contribution in [0.15, 0.2) is 60.8 Å². The first-order valence-corrected chi connectivity index (χ1v) is 7.75. The molecule has 0 fully saturated rings. The van der Waals surface area contributed by atoms with Crippen molar-refractivity contribution in [3.05, 3.63) is 71.9 Å². The summed E-state index contributed by atoms with van der Waals surface area (Å²) in [5.74, 6) is -1.08. The second-order valence-corrected chi connectivity index (χ2v) is 5.64. The maximum atomic E-state index is 12.9. The first-order valence-electron chi connectivity index (χ1n) is 7.75. The van der Waals surface area contributed by atoms with Crippen molar-refractivity contribution in [3.8, 4) is 0 Å². The number of carboxylic acids is 1. The molecule has 0 saturated heterocycles. The van der Waals surface area contributed by atoms with Gasteiger partial charge in [-0.3, -0.25) is 9.59 Å². The molecule has 5 nitrogen and oxygen atoms in total. The zero-order valence-electron chi connectivity index (χ0n) is 13.1. The monoisotopic (exact) mass is 322 g/mol. The quantitative estimate of drug-likeness (QED) is 0.731. The highest BCUT2D eigenvalue weighted by molar-refractivity contribution is 5.98. The van der Waals surface area contributed by atoms with Crippen molar-refractivity contribution >= 4 is 22.8 Å². The lowest BCUT2D eigenvalue weighted by atomic mass is 10.1. The molecule has 0 saturated carbocycles. The van der Waals surface area contributed by atoms with E-state index >= 15 is 0 Å². The Hall–Kier alpha value is -3.08. The van der Waals surface area contributed by atoms with Crippen molar-refractivity contribution < 1.29 is 14.7 Å². The summed E-state index contributed by atoms with van der Waals surface area (Å²) < 4.78 is 0. The zero-order valence-corrected chi connectivity index (χ0v) is 13.1. The Labute approximate surface area is 139 Å². The van der Waals surface area contributed by atoms with Gasteiger partial charge in [-0.1, -0.05) is 30.3 Å². The van der Waals surface area contributed by atoms with Gasteiger partial charge in [0.2, 0.25) is 0 Å². The van der Waals surface area contributed by atoms with Gasteiger partial charge in [0.05, 0.1) is 6.42 Å². The maximum Gasteiger partial charge on any atom is 0.305 e. The van der Waals surface area contributed by atoms with Crippen LogP contribution < -0.4 is 0 Å². The van der Waals surface area contributed by atoms with Crippen LogP contribution in [0.4, 0.5) is 0 Å². The standard InChI is InChI=1S/C19H18N2O3/c22-18(23)9-11-21(13-14-4-2-1-3-5-14)19(24)16-6-7-17-15(12-16)8-10-20-17/h1-8,10,12,20H,9,11,13H2,(H,22,23). The second kappa shape index (κ2) is 7.00. The van der Waals surface area contributed by atoms with Crippen molar-refractivity contribution in [3.63, 3.8) is 0 Å². The summed E-state index contributed by atoms with van der Waals surface area (Å²) in [4.78, 5) is 28.4. The van der Waals surface area contributed by atoms with Gasteiger partial charge >= 0.3 is 5.97 Å². The minimum absolute atomic E-state index is 0.0784. The van der Waals surface area contributed by atoms with Crippen LogP contribution in [0.25, 0.3) is 10.9 Å². The normalized spacial score (nSPS) is 10.7. The minimum Gasteiger partial charge on any atom is -0.481 e. The van der Waals surface area contributed by atoms with Gasteiger partial charge in [-0.05, 0) is 29.8 Å². The third-order valence-corrected chi connectivity index (χ3v) is 3.90. The fraction of sp³-hybridized carbons (Fsp3) is 0.158. The molecule has 1 heterocycles. The van der Waals surface area contributed by atoms with Crippen molar-refractivity contribution in [2.24, 2.45) is 0 Å². The highest BCUT2D eigenvalue weighted by Gasteiger charge is 2.17. The fourth-order valence-corrected chi connectivity index (χ4v) is 2.66. The van der Waals surface area contributed by atoms with E-state index in [2.05, 4.69) is 4.98 Å². The maximum absolute atomic E-state index is 12.9. The van der Waals surface area contributed by atoms with Gasteiger partial charge in [-0.15, -0.1) is 0 Å². The summed E-state index contributed by atoms with van der Waals surface area (Å²) in [6, 6.07) is 16.9. The summed E-state index contributed by atoms with van der Waals surface area (Å²) in [7, 11) is 0. The van der Waals surface area contributed by atoms with E-state index in [9.17, 15) is 9.59 Å². The number of carbonyl (C=O) groups excluding carboxylic acids is 1. The molecule has 0 atom stereocenters. The van der Waals surface area contributed by atoms with Crippen LogP contribution in [0, 0.1) is 0 Å². The van der Waals surface area contributed by atoms with E-state index in [1.54, 1.807) is 11.0 Å². The highest BCUT2D eigenvalue weighted by atomic mass is 16.4. The first-order chi connectivity index (χ1) is 11.6. The Balaban J connectivity index is 1.84. The minimum atomic E-state index is -0.915. The summed E-state index contributed by atoms with van der Waals surface area (Å²) >= 11 is 0. The van der Waals surface area contributed by atoms with E-state index in [4.69, 9.17) is 5.11 Å². The van der Waals surface area contributed by atoms with Gasteiger partial charge in [0.15, 0.2) is 0 Å². The number of aromatic nitrogens is 1. The molecular formula is C19H18N2O3. The van der Waals surface area contributed by atoms with Gasteiger partial charge in [0.1, 0.15) is 0 Å². The molecule has 2 N–H and O–H groups in total. The highest BCUT2D eigenvalue weighted by Crippen LogP contribution is 2.17. The van der Waals surface area contributed by atoms with Crippen molar-refractivity contribution in [1.29, 1.82) is 0 Å². The molecule has 0 bridgehead atoms. The van der Waals surface area contributed by atoms with E-state index in [1.165, 1.54) is 0 Å². The van der Waals surface area contributed by atoms with E-state index in [0.29, 0.717) is 12.1 Å². The van der Waals surface area contributed by atoms with Gasteiger partial charge in [-0.25, -0.2) is 0 Å². The smallest absolute Gasteiger partial charge is 0.305 e. The lowest BCUT2D eigenvalue weighted by molar-refractivity contribution is -0.137. The van der Waals surface area contributed by atoms with Crippen molar-refractivity contribution in [1.82, 2.24) is 9.88 Å². The first kappa shape index (κ1) is 15.8. The van der Waals surface area contributed by atoms with Crippen LogP contribution >= 0.6 is 0 Å². The largest absolute Gasteiger partial charge is 0.481 e. The molecule has 122 valence electrons. The van der Waals surface area contributed by atoms with Crippen molar-refractivity contribution in [2.75, 3.05) is 6.54 Å². The topological polar surface area (TPSA) is 73.4 Å². The van der Waals surface area contributed by atoms with Gasteiger partial charge in [0, 0.05) is 35.8 Å². The molecule has 1 amide bonds. The van der Waals surface area contributed by atoms with Crippen molar-refractivity contribution in [2.45, 2.75) is 13.0 Å². The molecule has 0 spiro atoms. The molecule has 0 aliphatic rings. The SMILES string of the molecule is O=C(O)CCN(Cc1ccccc1)C(=O)c1ccc2[nH]ccc2c1. The lowest BCUT2D eigenvalue weighted by Gasteiger charge is -2.22. The predicted molar refractivity (Wildman–Crippen MR) is 91.7 cm³/mol. The summed E-state index contributed by atoms with van der Waals surface area (Å²) in [6.07, 6.45) is 1.75. The number of aliphatic carboxylic acids is 1. The molecule has 0 unspecified atom stereocenters. The van der Waals surface area contributed by atoms with E-state index in [1.807, 2.05) is 54.7 Å². The number of H-pyrrole nitrogens is 1. The molecule has 2 aromatic carbocycles. The average Bonchev–Trinajstić information content (AvgIpc) is 3.06. The van der Waals surface area contributed by atoms with E-state index in [0.717, 1.165) is 16.5 Å². The molecule has 1 aromatic heterocycles. The van der Waals surface area contributed by atoms with Gasteiger partial charge < -0.3 is 15.0 Å². The Morgan fingerprint density at radius 3 is 2.58 bits per heavy atom. The molecule has 24 heavy (non-hydrogen) atoms. The van der Waals surface area contributed by atoms with E-state index in [-0.39, 0.29) is 18.9 Å². The second-order valence-electron chi connectivity index (χ2n) is 5.64. The van der Waals surface area contributed by atoms with Gasteiger partial charge in [0.25, 0.3) is 5.91 Å². The number of fused-ring (bicyclic) bond motifs is 1. The van der Waals surface area contributed by atoms with Crippen LogP contribution in [-0.4, -0.2) is 33.4 Å². The Kier molecular flexibility index (Phi) is 4.61. The number of hydrogen-bond donors (Lipinski definition) is 2. The number of nitrogens with one attached hydrogen (secondary N) is 1. The summed E-state index contributed by atoms with van der Waals surface area (Å²) in [5, 5.41) is 9.91. The van der Waals surface area contributed by atoms with Gasteiger partial charge in [-0.2, -0.15) is 0 Å². The molecule has 0 radical (unpaired) electrons. The van der Waals surface area contributed by atoms with Crippen LogP contribution in [0.2, 0.25) is 0 Å². The zero-order chi connectivity index (χ0) is 16.9. The number of rotatable bonds is 6. The average molecular weight is 322 g/mol. The van der Waals surface area contributed by atoms with Crippen LogP contribution in [0.5, 0.6) is 0 Å². The fourth-order valence-electron chi connectivity index (χ4n) is 2.66. The van der Waals surface area contributed by atoms with Crippen LogP contribution in [0.1, 0.15) is 22.3 Å². The summed E-state index contributed by atoms with van der Waals surface area (Å²) in [5.41, 5.74) is 2.49. The third-order valence-electron chi connectivity index (χ3n) is 3.90. The van der Waals surface area contributed by atoms with Crippen LogP contribution in [-0.2, 0) is 11.3 Å². The number of aromatic amines is 1. The van der Waals surface area contributed by atoms with Crippen LogP contribution in [0.3, 0.4) is 0 Å². The molecule has 5 heteroatoms. The molecule has 0 aliphatic carbocycles. The number of benzene rings is 2.